The molecule has 6 nitrogen and oxygen atoms in total. The molecule has 2 aromatic rings. The zero-order valence-electron chi connectivity index (χ0n) is 17.1. The Morgan fingerprint density at radius 1 is 1.28 bits per heavy atom. The van der Waals surface area contributed by atoms with Crippen LogP contribution in [0.25, 0.3) is 10.4 Å². The average molecular weight is 528 g/mol. The minimum atomic E-state index is 0. The second-order valence-corrected chi connectivity index (χ2v) is 7.91. The summed E-state index contributed by atoms with van der Waals surface area (Å²) < 4.78 is 5.22. The Kier molecular flexibility index (Phi) is 9.22. The van der Waals surface area contributed by atoms with Crippen molar-refractivity contribution in [2.45, 2.75) is 32.4 Å². The first-order valence-corrected chi connectivity index (χ1v) is 10.4. The fourth-order valence-corrected chi connectivity index (χ4v) is 4.22. The maximum Gasteiger partial charge on any atom is 0.222 e. The first-order chi connectivity index (χ1) is 13.6. The molecule has 1 fully saturated rings. The quantitative estimate of drug-likeness (QED) is 0.341. The Morgan fingerprint density at radius 3 is 2.69 bits per heavy atom. The van der Waals surface area contributed by atoms with Gasteiger partial charge in [0.1, 0.15) is 5.75 Å². The van der Waals surface area contributed by atoms with Gasteiger partial charge in [0.15, 0.2) is 5.96 Å². The van der Waals surface area contributed by atoms with Crippen LogP contribution in [0.1, 0.15) is 24.6 Å². The highest BCUT2D eigenvalue weighted by atomic mass is 127. The van der Waals surface area contributed by atoms with Crippen molar-refractivity contribution in [2.24, 2.45) is 4.99 Å². The first-order valence-electron chi connectivity index (χ1n) is 9.61. The van der Waals surface area contributed by atoms with Gasteiger partial charge in [-0.05, 0) is 48.4 Å². The molecular formula is C21H29IN4O2S. The van der Waals surface area contributed by atoms with Crippen molar-refractivity contribution < 1.29 is 9.53 Å². The summed E-state index contributed by atoms with van der Waals surface area (Å²) in [5.41, 5.74) is 1.19. The van der Waals surface area contributed by atoms with E-state index in [0.717, 1.165) is 31.2 Å². The summed E-state index contributed by atoms with van der Waals surface area (Å²) in [4.78, 5) is 20.5. The Bertz CT molecular complexity index is 822. The molecule has 1 aromatic carbocycles. The predicted octanol–water partition coefficient (Wildman–Crippen LogP) is 3.72. The normalized spacial score (nSPS) is 16.3. The van der Waals surface area contributed by atoms with Crippen molar-refractivity contribution in [1.82, 2.24) is 15.5 Å². The highest BCUT2D eigenvalue weighted by Crippen LogP contribution is 2.29. The van der Waals surface area contributed by atoms with Crippen molar-refractivity contribution in [2.75, 3.05) is 27.2 Å². The molecule has 1 aliphatic heterocycles. The zero-order valence-corrected chi connectivity index (χ0v) is 20.3. The summed E-state index contributed by atoms with van der Waals surface area (Å²) >= 11 is 1.76. The van der Waals surface area contributed by atoms with E-state index >= 15 is 0 Å². The number of ether oxygens (including phenoxy) is 1. The fourth-order valence-electron chi connectivity index (χ4n) is 3.27. The molecule has 1 amide bonds. The molecule has 1 unspecified atom stereocenters. The number of thiophene rings is 1. The van der Waals surface area contributed by atoms with Gasteiger partial charge in [0.05, 0.1) is 13.7 Å². The van der Waals surface area contributed by atoms with Gasteiger partial charge in [-0.1, -0.05) is 6.92 Å². The number of rotatable bonds is 6. The van der Waals surface area contributed by atoms with Gasteiger partial charge in [-0.3, -0.25) is 9.79 Å². The molecule has 0 bridgehead atoms. The molecule has 1 saturated heterocycles. The number of methoxy groups -OCH3 is 1. The fraction of sp³-hybridized carbons (Fsp3) is 0.429. The van der Waals surface area contributed by atoms with Crippen LogP contribution >= 0.6 is 35.3 Å². The van der Waals surface area contributed by atoms with E-state index in [1.165, 1.54) is 15.3 Å². The summed E-state index contributed by atoms with van der Waals surface area (Å²) in [6, 6.07) is 12.6. The van der Waals surface area contributed by atoms with Gasteiger partial charge in [0.2, 0.25) is 5.91 Å². The molecule has 0 spiro atoms. The number of aliphatic imine (C=N–C) groups is 1. The van der Waals surface area contributed by atoms with Gasteiger partial charge in [-0.2, -0.15) is 0 Å². The number of nitrogens with one attached hydrogen (secondary N) is 2. The molecule has 1 aliphatic rings. The van der Waals surface area contributed by atoms with Crippen LogP contribution in [0.15, 0.2) is 41.4 Å². The number of benzene rings is 1. The number of amides is 1. The highest BCUT2D eigenvalue weighted by molar-refractivity contribution is 14.0. The van der Waals surface area contributed by atoms with Gasteiger partial charge < -0.3 is 20.3 Å². The summed E-state index contributed by atoms with van der Waals surface area (Å²) in [7, 11) is 3.45. The first kappa shape index (κ1) is 23.5. The smallest absolute Gasteiger partial charge is 0.222 e. The number of guanidine groups is 1. The molecule has 0 aliphatic carbocycles. The van der Waals surface area contributed by atoms with Crippen molar-refractivity contribution >= 4 is 47.2 Å². The summed E-state index contributed by atoms with van der Waals surface area (Å²) in [5, 5.41) is 6.81. The number of hydrogen-bond donors (Lipinski definition) is 2. The van der Waals surface area contributed by atoms with Crippen molar-refractivity contribution in [3.8, 4) is 16.2 Å². The number of hydrogen-bond acceptors (Lipinski definition) is 4. The van der Waals surface area contributed by atoms with E-state index < -0.39 is 0 Å². The number of nitrogens with zero attached hydrogens (tertiary/aromatic N) is 2. The third-order valence-electron chi connectivity index (χ3n) is 4.87. The number of carbonyl (C=O) groups is 1. The minimum Gasteiger partial charge on any atom is -0.497 e. The molecule has 1 aromatic heterocycles. The monoisotopic (exact) mass is 528 g/mol. The van der Waals surface area contributed by atoms with Crippen LogP contribution in [0, 0.1) is 0 Å². The highest BCUT2D eigenvalue weighted by Gasteiger charge is 2.25. The minimum absolute atomic E-state index is 0. The van der Waals surface area contributed by atoms with Crippen molar-refractivity contribution in [3.05, 3.63) is 41.3 Å². The summed E-state index contributed by atoms with van der Waals surface area (Å²) in [6.45, 7) is 4.18. The standard InChI is InChI=1S/C21H28N4O2S.HI/c1-4-20(26)25-12-11-16(14-25)24-21(22-2)23-13-18-9-10-19(28-18)15-5-7-17(27-3)8-6-15;/h5-10,16H,4,11-14H2,1-3H3,(H2,22,23,24);1H. The second-order valence-electron chi connectivity index (χ2n) is 6.74. The van der Waals surface area contributed by atoms with Gasteiger partial charge in [0, 0.05) is 42.4 Å². The van der Waals surface area contributed by atoms with Crippen LogP contribution in [-0.2, 0) is 11.3 Å². The van der Waals surface area contributed by atoms with Crippen LogP contribution in [0.3, 0.4) is 0 Å². The molecular weight excluding hydrogens is 499 g/mol. The Hall–Kier alpha value is -1.81. The summed E-state index contributed by atoms with van der Waals surface area (Å²) in [5.74, 6) is 1.86. The lowest BCUT2D eigenvalue weighted by Crippen LogP contribution is -2.44. The molecule has 29 heavy (non-hydrogen) atoms. The third kappa shape index (κ3) is 6.33. The van der Waals surface area contributed by atoms with Crippen molar-refractivity contribution in [1.29, 1.82) is 0 Å². The van der Waals surface area contributed by atoms with E-state index in [4.69, 9.17) is 4.74 Å². The van der Waals surface area contributed by atoms with E-state index in [2.05, 4.69) is 39.9 Å². The van der Waals surface area contributed by atoms with Gasteiger partial charge in [-0.15, -0.1) is 35.3 Å². The molecule has 8 heteroatoms. The Balaban J connectivity index is 0.00000300. The van der Waals surface area contributed by atoms with Crippen LogP contribution < -0.4 is 15.4 Å². The van der Waals surface area contributed by atoms with Crippen LogP contribution in [0.5, 0.6) is 5.75 Å². The molecule has 2 heterocycles. The topological polar surface area (TPSA) is 66.0 Å². The lowest BCUT2D eigenvalue weighted by atomic mass is 10.2. The number of halogens is 1. The van der Waals surface area contributed by atoms with Crippen LogP contribution in [0.4, 0.5) is 0 Å². The van der Waals surface area contributed by atoms with E-state index in [1.54, 1.807) is 25.5 Å². The molecule has 0 radical (unpaired) electrons. The molecule has 158 valence electrons. The average Bonchev–Trinajstić information content (AvgIpc) is 3.40. The van der Waals surface area contributed by atoms with Crippen LogP contribution in [-0.4, -0.2) is 50.1 Å². The van der Waals surface area contributed by atoms with Gasteiger partial charge in [-0.25, -0.2) is 0 Å². The Morgan fingerprint density at radius 2 is 2.03 bits per heavy atom. The second kappa shape index (κ2) is 11.4. The number of likely N-dealkylation sites (tertiary alicyclic amines) is 1. The summed E-state index contributed by atoms with van der Waals surface area (Å²) in [6.07, 6.45) is 1.52. The van der Waals surface area contributed by atoms with E-state index in [9.17, 15) is 4.79 Å². The van der Waals surface area contributed by atoms with Crippen molar-refractivity contribution in [3.63, 3.8) is 0 Å². The largest absolute Gasteiger partial charge is 0.497 e. The zero-order chi connectivity index (χ0) is 19.9. The van der Waals surface area contributed by atoms with E-state index in [1.807, 2.05) is 24.0 Å². The molecule has 0 saturated carbocycles. The molecule has 2 N–H and O–H groups in total. The lowest BCUT2D eigenvalue weighted by molar-refractivity contribution is -0.129. The van der Waals surface area contributed by atoms with E-state index in [-0.39, 0.29) is 35.9 Å². The SMILES string of the molecule is CCC(=O)N1CCC(NC(=NC)NCc2ccc(-c3ccc(OC)cc3)s2)C1.I. The maximum atomic E-state index is 11.8. The van der Waals surface area contributed by atoms with Crippen LogP contribution in [0.2, 0.25) is 0 Å². The molecule has 3 rings (SSSR count). The maximum absolute atomic E-state index is 11.8. The molecule has 1 atom stereocenters. The predicted molar refractivity (Wildman–Crippen MR) is 130 cm³/mol. The lowest BCUT2D eigenvalue weighted by Gasteiger charge is -2.18. The van der Waals surface area contributed by atoms with E-state index in [0.29, 0.717) is 13.0 Å². The van der Waals surface area contributed by atoms with Gasteiger partial charge in [0.25, 0.3) is 0 Å². The van der Waals surface area contributed by atoms with Gasteiger partial charge >= 0.3 is 0 Å². The number of carbonyl (C=O) groups excluding carboxylic acids is 1. The Labute approximate surface area is 193 Å². The third-order valence-corrected chi connectivity index (χ3v) is 6.01.